The second kappa shape index (κ2) is 9.15. The fraction of sp³-hybridized carbons (Fsp3) is 1.00. The molecule has 0 heterocycles. The van der Waals surface area contributed by atoms with Crippen molar-refractivity contribution in [3.8, 4) is 0 Å². The zero-order valence-corrected chi connectivity index (χ0v) is 15.5. The number of hydrogen-bond donors (Lipinski definition) is 1. The van der Waals surface area contributed by atoms with Gasteiger partial charge in [0.1, 0.15) is 0 Å². The van der Waals surface area contributed by atoms with Crippen LogP contribution in [0.3, 0.4) is 0 Å². The van der Waals surface area contributed by atoms with Gasteiger partial charge in [-0.15, -0.1) is 0 Å². The number of likely N-dealkylation sites (N-methyl/N-ethyl adjacent to an activating group) is 1. The highest BCUT2D eigenvalue weighted by atomic mass is 15.2. The lowest BCUT2D eigenvalue weighted by atomic mass is 9.71. The summed E-state index contributed by atoms with van der Waals surface area (Å²) in [5.41, 5.74) is 0.296. The van der Waals surface area contributed by atoms with Crippen LogP contribution in [-0.2, 0) is 0 Å². The minimum Gasteiger partial charge on any atom is -0.312 e. The number of hydrogen-bond acceptors (Lipinski definition) is 2. The van der Waals surface area contributed by atoms with Crippen LogP contribution in [0.1, 0.15) is 80.1 Å². The van der Waals surface area contributed by atoms with Crippen LogP contribution in [0.4, 0.5) is 0 Å². The maximum absolute atomic E-state index is 3.95. The van der Waals surface area contributed by atoms with Crippen LogP contribution in [0.15, 0.2) is 0 Å². The van der Waals surface area contributed by atoms with E-state index in [1.165, 1.54) is 38.5 Å². The van der Waals surface area contributed by atoms with Crippen LogP contribution in [0.2, 0.25) is 0 Å². The zero-order valence-electron chi connectivity index (χ0n) is 15.5. The van der Waals surface area contributed by atoms with E-state index in [0.29, 0.717) is 11.6 Å². The van der Waals surface area contributed by atoms with Crippen molar-refractivity contribution in [3.05, 3.63) is 0 Å². The summed E-state index contributed by atoms with van der Waals surface area (Å²) in [5, 5.41) is 3.95. The number of nitrogens with one attached hydrogen (secondary N) is 1. The Morgan fingerprint density at radius 1 is 1.05 bits per heavy atom. The van der Waals surface area contributed by atoms with Crippen molar-refractivity contribution in [2.24, 2.45) is 11.8 Å². The topological polar surface area (TPSA) is 15.3 Å². The Hall–Kier alpha value is -0.0800. The van der Waals surface area contributed by atoms with Gasteiger partial charge in [-0.1, -0.05) is 47.5 Å². The van der Waals surface area contributed by atoms with Crippen LogP contribution in [-0.4, -0.2) is 36.1 Å². The van der Waals surface area contributed by atoms with E-state index in [0.717, 1.165) is 31.5 Å². The first kappa shape index (κ1) is 19.0. The molecule has 0 saturated heterocycles. The van der Waals surface area contributed by atoms with Crippen molar-refractivity contribution in [2.75, 3.05) is 19.6 Å². The molecule has 1 saturated carbocycles. The van der Waals surface area contributed by atoms with Gasteiger partial charge in [-0.05, 0) is 64.1 Å². The van der Waals surface area contributed by atoms with E-state index >= 15 is 0 Å². The molecule has 2 unspecified atom stereocenters. The van der Waals surface area contributed by atoms with Gasteiger partial charge < -0.3 is 5.32 Å². The number of nitrogens with zero attached hydrogens (tertiary/aromatic N) is 1. The third-order valence-corrected chi connectivity index (χ3v) is 6.02. The molecular formula is C19H40N2. The van der Waals surface area contributed by atoms with Crippen LogP contribution < -0.4 is 5.32 Å². The summed E-state index contributed by atoms with van der Waals surface area (Å²) < 4.78 is 0. The fourth-order valence-corrected chi connectivity index (χ4v) is 4.40. The molecule has 2 heteroatoms. The average Bonchev–Trinajstić information content (AvgIpc) is 2.50. The third-order valence-electron chi connectivity index (χ3n) is 6.02. The van der Waals surface area contributed by atoms with Gasteiger partial charge >= 0.3 is 0 Å². The van der Waals surface area contributed by atoms with E-state index in [1.807, 2.05) is 0 Å². The van der Waals surface area contributed by atoms with Crippen molar-refractivity contribution >= 4 is 0 Å². The minimum absolute atomic E-state index is 0.296. The molecule has 2 nitrogen and oxygen atoms in total. The molecule has 0 aliphatic heterocycles. The highest BCUT2D eigenvalue weighted by Crippen LogP contribution is 2.37. The van der Waals surface area contributed by atoms with E-state index < -0.39 is 0 Å². The Morgan fingerprint density at radius 2 is 1.62 bits per heavy atom. The lowest BCUT2D eigenvalue weighted by molar-refractivity contribution is 0.0331. The van der Waals surface area contributed by atoms with Gasteiger partial charge in [0, 0.05) is 11.6 Å². The summed E-state index contributed by atoms with van der Waals surface area (Å²) in [6.45, 7) is 17.7. The summed E-state index contributed by atoms with van der Waals surface area (Å²) in [5.74, 6) is 1.80. The summed E-state index contributed by atoms with van der Waals surface area (Å²) in [4.78, 5) is 2.69. The van der Waals surface area contributed by atoms with Crippen molar-refractivity contribution < 1.29 is 0 Å². The monoisotopic (exact) mass is 296 g/mol. The Bertz CT molecular complexity index is 267. The smallest absolute Gasteiger partial charge is 0.0334 e. The first-order valence-corrected chi connectivity index (χ1v) is 9.51. The molecule has 1 N–H and O–H groups in total. The zero-order chi connectivity index (χ0) is 15.9. The molecule has 126 valence electrons. The molecule has 0 aromatic rings. The van der Waals surface area contributed by atoms with Crippen LogP contribution in [0.5, 0.6) is 0 Å². The molecule has 0 amide bonds. The number of rotatable bonds is 9. The van der Waals surface area contributed by atoms with Gasteiger partial charge in [0.2, 0.25) is 0 Å². The van der Waals surface area contributed by atoms with Crippen LogP contribution in [0.25, 0.3) is 0 Å². The molecule has 1 rings (SSSR count). The fourth-order valence-electron chi connectivity index (χ4n) is 4.40. The first-order chi connectivity index (χ1) is 10.0. The molecule has 0 radical (unpaired) electrons. The normalized spacial score (nSPS) is 27.6. The summed E-state index contributed by atoms with van der Waals surface area (Å²) in [6.07, 6.45) is 8.15. The molecule has 1 aliphatic rings. The molecule has 0 spiro atoms. The molecule has 21 heavy (non-hydrogen) atoms. The van der Waals surface area contributed by atoms with Crippen LogP contribution >= 0.6 is 0 Å². The molecule has 1 fully saturated rings. The predicted octanol–water partition coefficient (Wildman–Crippen LogP) is 4.69. The van der Waals surface area contributed by atoms with Gasteiger partial charge in [-0.2, -0.15) is 0 Å². The molecule has 0 aromatic carbocycles. The maximum atomic E-state index is 3.95. The van der Waals surface area contributed by atoms with Gasteiger partial charge in [0.15, 0.2) is 0 Å². The van der Waals surface area contributed by atoms with E-state index in [9.17, 15) is 0 Å². The summed E-state index contributed by atoms with van der Waals surface area (Å²) in [7, 11) is 0. The Balaban J connectivity index is 2.91. The Labute approximate surface area is 134 Å². The van der Waals surface area contributed by atoms with E-state index in [2.05, 4.69) is 51.8 Å². The molecule has 2 atom stereocenters. The van der Waals surface area contributed by atoms with Gasteiger partial charge in [0.05, 0.1) is 0 Å². The molecule has 0 aromatic heterocycles. The van der Waals surface area contributed by atoms with E-state index in [-0.39, 0.29) is 0 Å². The van der Waals surface area contributed by atoms with Crippen molar-refractivity contribution in [2.45, 2.75) is 91.6 Å². The van der Waals surface area contributed by atoms with Crippen LogP contribution in [0, 0.1) is 11.8 Å². The Morgan fingerprint density at radius 3 is 2.05 bits per heavy atom. The summed E-state index contributed by atoms with van der Waals surface area (Å²) >= 11 is 0. The average molecular weight is 297 g/mol. The standard InChI is InChI=1S/C19H40N2/c1-7-15-20-18(17-13-11-16(5)12-14-17)19(6,8-2)21(9-3)10-4/h16-18,20H,7-15H2,1-6H3. The maximum Gasteiger partial charge on any atom is 0.0334 e. The molecule has 1 aliphatic carbocycles. The molecule has 0 bridgehead atoms. The Kier molecular flexibility index (Phi) is 8.26. The second-order valence-corrected chi connectivity index (χ2v) is 7.33. The first-order valence-electron chi connectivity index (χ1n) is 9.51. The molecular weight excluding hydrogens is 256 g/mol. The van der Waals surface area contributed by atoms with Gasteiger partial charge in [-0.25, -0.2) is 0 Å². The minimum atomic E-state index is 0.296. The van der Waals surface area contributed by atoms with Gasteiger partial charge in [-0.3, -0.25) is 4.90 Å². The van der Waals surface area contributed by atoms with E-state index in [4.69, 9.17) is 0 Å². The SMILES string of the molecule is CCCNC(C1CCC(C)CC1)C(C)(CC)N(CC)CC. The van der Waals surface area contributed by atoms with Gasteiger partial charge in [0.25, 0.3) is 0 Å². The second-order valence-electron chi connectivity index (χ2n) is 7.33. The van der Waals surface area contributed by atoms with Crippen molar-refractivity contribution in [3.63, 3.8) is 0 Å². The largest absolute Gasteiger partial charge is 0.312 e. The summed E-state index contributed by atoms with van der Waals surface area (Å²) in [6, 6.07) is 0.648. The quantitative estimate of drug-likeness (QED) is 0.664. The predicted molar refractivity (Wildman–Crippen MR) is 94.8 cm³/mol. The van der Waals surface area contributed by atoms with Crippen molar-refractivity contribution in [1.29, 1.82) is 0 Å². The lowest BCUT2D eigenvalue weighted by Crippen LogP contribution is -2.62. The lowest BCUT2D eigenvalue weighted by Gasteiger charge is -2.50. The highest BCUT2D eigenvalue weighted by Gasteiger charge is 2.41. The van der Waals surface area contributed by atoms with E-state index in [1.54, 1.807) is 0 Å². The highest BCUT2D eigenvalue weighted by molar-refractivity contribution is 5.00. The van der Waals surface area contributed by atoms with Crippen molar-refractivity contribution in [1.82, 2.24) is 10.2 Å². The third kappa shape index (κ3) is 4.69.